The van der Waals surface area contributed by atoms with E-state index in [0.29, 0.717) is 18.0 Å². The number of sulfonamides is 1. The van der Waals surface area contributed by atoms with Crippen molar-refractivity contribution in [3.8, 4) is 0 Å². The number of anilines is 2. The molecule has 0 bridgehead atoms. The van der Waals surface area contributed by atoms with Gasteiger partial charge in [-0.3, -0.25) is 9.52 Å². The van der Waals surface area contributed by atoms with Gasteiger partial charge < -0.3 is 10.3 Å². The summed E-state index contributed by atoms with van der Waals surface area (Å²) >= 11 is 0. The van der Waals surface area contributed by atoms with Gasteiger partial charge in [0.1, 0.15) is 17.0 Å². The second kappa shape index (κ2) is 8.85. The number of aromatic amines is 1. The Morgan fingerprint density at radius 1 is 1.25 bits per heavy atom. The Morgan fingerprint density at radius 3 is 2.72 bits per heavy atom. The van der Waals surface area contributed by atoms with Gasteiger partial charge in [-0.15, -0.1) is 0 Å². The summed E-state index contributed by atoms with van der Waals surface area (Å²) in [6.45, 7) is 1.66. The molecule has 1 aromatic carbocycles. The number of amides is 1. The number of nitrogens with zero attached hydrogens (tertiary/aromatic N) is 1. The molecule has 2 aromatic heterocycles. The second-order valence-electron chi connectivity index (χ2n) is 8.00. The topological polar surface area (TPSA) is 104 Å². The molecule has 0 atom stereocenters. The first-order valence-corrected chi connectivity index (χ1v) is 12.2. The van der Waals surface area contributed by atoms with Crippen LogP contribution in [0.1, 0.15) is 60.9 Å². The largest absolute Gasteiger partial charge is 0.346 e. The number of aromatic nitrogens is 2. The van der Waals surface area contributed by atoms with Crippen molar-refractivity contribution >= 4 is 38.3 Å². The second-order valence-corrected chi connectivity index (χ2v) is 9.85. The lowest BCUT2D eigenvalue weighted by molar-refractivity contribution is 0.101. The van der Waals surface area contributed by atoms with Crippen LogP contribution in [0.5, 0.6) is 0 Å². The summed E-state index contributed by atoms with van der Waals surface area (Å²) in [5.74, 6) is -3.21. The minimum Gasteiger partial charge on any atom is -0.346 e. The van der Waals surface area contributed by atoms with Crippen LogP contribution in [-0.4, -0.2) is 30.0 Å². The molecule has 1 saturated carbocycles. The maximum Gasteiger partial charge on any atom is 0.261 e. The van der Waals surface area contributed by atoms with E-state index in [9.17, 15) is 22.0 Å². The molecule has 0 aliphatic heterocycles. The molecule has 3 aromatic rings. The normalized spacial score (nSPS) is 14.7. The zero-order valence-corrected chi connectivity index (χ0v) is 18.4. The first kappa shape index (κ1) is 22.2. The molecule has 0 saturated heterocycles. The molecule has 7 nitrogen and oxygen atoms in total. The number of pyridine rings is 1. The van der Waals surface area contributed by atoms with Crippen molar-refractivity contribution in [1.82, 2.24) is 9.97 Å². The zero-order chi connectivity index (χ0) is 22.9. The van der Waals surface area contributed by atoms with E-state index in [0.717, 1.165) is 48.8 Å². The van der Waals surface area contributed by atoms with Gasteiger partial charge in [-0.1, -0.05) is 19.8 Å². The molecule has 1 aliphatic rings. The summed E-state index contributed by atoms with van der Waals surface area (Å²) in [7, 11) is -3.81. The molecule has 32 heavy (non-hydrogen) atoms. The third kappa shape index (κ3) is 4.45. The Hall–Kier alpha value is -3.01. The molecule has 4 rings (SSSR count). The molecular formula is C22H24F2N4O3S. The van der Waals surface area contributed by atoms with Gasteiger partial charge in [0.05, 0.1) is 23.3 Å². The average Bonchev–Trinajstić information content (AvgIpc) is 3.39. The van der Waals surface area contributed by atoms with Crippen molar-refractivity contribution in [2.24, 2.45) is 0 Å². The van der Waals surface area contributed by atoms with Crippen LogP contribution in [0.15, 0.2) is 30.6 Å². The van der Waals surface area contributed by atoms with Crippen molar-refractivity contribution in [2.75, 3.05) is 15.8 Å². The number of carbonyl (C=O) groups excluding carboxylic acids is 1. The maximum absolute atomic E-state index is 14.9. The summed E-state index contributed by atoms with van der Waals surface area (Å²) in [6, 6.07) is 3.54. The number of H-pyrrole nitrogens is 1. The monoisotopic (exact) mass is 462 g/mol. The van der Waals surface area contributed by atoms with Crippen molar-refractivity contribution in [3.05, 3.63) is 53.4 Å². The Labute approximate surface area is 184 Å². The SMILES string of the molecule is CCCS(=O)(=O)Nc1ccc(F)c(C(=O)Nc2cnc3[nH]cc(C4CCCC4)c3c2)c1F. The number of nitrogens with one attached hydrogen (secondary N) is 3. The van der Waals surface area contributed by atoms with Gasteiger partial charge in [0.2, 0.25) is 10.0 Å². The molecule has 1 fully saturated rings. The van der Waals surface area contributed by atoms with Crippen LogP contribution >= 0.6 is 0 Å². The van der Waals surface area contributed by atoms with Crippen molar-refractivity contribution in [1.29, 1.82) is 0 Å². The molecule has 0 spiro atoms. The Balaban J connectivity index is 1.62. The highest BCUT2D eigenvalue weighted by Gasteiger charge is 2.24. The fraction of sp³-hybridized carbons (Fsp3) is 0.364. The van der Waals surface area contributed by atoms with Crippen LogP contribution in [0, 0.1) is 11.6 Å². The lowest BCUT2D eigenvalue weighted by Crippen LogP contribution is -2.20. The summed E-state index contributed by atoms with van der Waals surface area (Å²) in [4.78, 5) is 20.1. The number of hydrogen-bond donors (Lipinski definition) is 3. The Kier molecular flexibility index (Phi) is 6.14. The minimum atomic E-state index is -3.81. The quantitative estimate of drug-likeness (QED) is 0.464. The standard InChI is InChI=1S/C22H24F2N4O3S/c1-2-9-32(30,31)28-18-8-7-17(23)19(20(18)24)22(29)27-14-10-15-16(13-5-3-4-6-13)12-26-21(15)25-11-14/h7-8,10-13,28H,2-6,9H2,1H3,(H,25,26)(H,27,29). The van der Waals surface area contributed by atoms with Crippen molar-refractivity contribution in [3.63, 3.8) is 0 Å². The molecule has 3 N–H and O–H groups in total. The molecular weight excluding hydrogens is 438 g/mol. The highest BCUT2D eigenvalue weighted by molar-refractivity contribution is 7.92. The number of rotatable bonds is 7. The van der Waals surface area contributed by atoms with Crippen LogP contribution in [-0.2, 0) is 10.0 Å². The fourth-order valence-corrected chi connectivity index (χ4v) is 5.32. The van der Waals surface area contributed by atoms with E-state index in [1.54, 1.807) is 13.0 Å². The third-order valence-corrected chi connectivity index (χ3v) is 7.15. The molecule has 0 radical (unpaired) electrons. The summed E-state index contributed by atoms with van der Waals surface area (Å²) < 4.78 is 55.2. The molecule has 0 unspecified atom stereocenters. The van der Waals surface area contributed by atoms with Crippen LogP contribution in [0.4, 0.5) is 20.2 Å². The molecule has 10 heteroatoms. The Morgan fingerprint density at radius 2 is 2.00 bits per heavy atom. The first-order chi connectivity index (χ1) is 15.3. The van der Waals surface area contributed by atoms with Crippen LogP contribution in [0.3, 0.4) is 0 Å². The van der Waals surface area contributed by atoms with Gasteiger partial charge in [-0.2, -0.15) is 0 Å². The van der Waals surface area contributed by atoms with E-state index >= 15 is 0 Å². The van der Waals surface area contributed by atoms with E-state index in [-0.39, 0.29) is 11.4 Å². The lowest BCUT2D eigenvalue weighted by Gasteiger charge is -2.12. The first-order valence-electron chi connectivity index (χ1n) is 10.6. The van der Waals surface area contributed by atoms with E-state index in [1.807, 2.05) is 6.20 Å². The third-order valence-electron chi connectivity index (χ3n) is 5.67. The smallest absolute Gasteiger partial charge is 0.261 e. The van der Waals surface area contributed by atoms with Gasteiger partial charge >= 0.3 is 0 Å². The van der Waals surface area contributed by atoms with Crippen LogP contribution in [0.25, 0.3) is 11.0 Å². The number of benzene rings is 1. The summed E-state index contributed by atoms with van der Waals surface area (Å²) in [6.07, 6.45) is 8.14. The lowest BCUT2D eigenvalue weighted by atomic mass is 9.98. The number of halogens is 2. The zero-order valence-electron chi connectivity index (χ0n) is 17.5. The van der Waals surface area contributed by atoms with E-state index in [1.165, 1.54) is 6.20 Å². The van der Waals surface area contributed by atoms with Gasteiger partial charge in [0.15, 0.2) is 5.82 Å². The van der Waals surface area contributed by atoms with Crippen LogP contribution < -0.4 is 10.0 Å². The van der Waals surface area contributed by atoms with E-state index in [2.05, 4.69) is 20.0 Å². The predicted octanol–water partition coefficient (Wildman–Crippen LogP) is 4.90. The fourth-order valence-electron chi connectivity index (χ4n) is 4.19. The average molecular weight is 463 g/mol. The van der Waals surface area contributed by atoms with E-state index < -0.39 is 38.8 Å². The Bertz CT molecular complexity index is 1270. The van der Waals surface area contributed by atoms with Crippen molar-refractivity contribution < 1.29 is 22.0 Å². The van der Waals surface area contributed by atoms with Crippen molar-refractivity contribution in [2.45, 2.75) is 44.9 Å². The van der Waals surface area contributed by atoms with Gasteiger partial charge in [0.25, 0.3) is 5.91 Å². The summed E-state index contributed by atoms with van der Waals surface area (Å²) in [5.41, 5.74) is 0.733. The highest BCUT2D eigenvalue weighted by atomic mass is 32.2. The minimum absolute atomic E-state index is 0.225. The van der Waals surface area contributed by atoms with Gasteiger partial charge in [0, 0.05) is 11.6 Å². The molecule has 2 heterocycles. The van der Waals surface area contributed by atoms with Gasteiger partial charge in [-0.05, 0) is 48.9 Å². The molecule has 170 valence electrons. The number of hydrogen-bond acceptors (Lipinski definition) is 4. The predicted molar refractivity (Wildman–Crippen MR) is 119 cm³/mol. The number of fused-ring (bicyclic) bond motifs is 1. The molecule has 1 amide bonds. The number of carbonyl (C=O) groups is 1. The maximum atomic E-state index is 14.9. The molecule has 1 aliphatic carbocycles. The van der Waals surface area contributed by atoms with Gasteiger partial charge in [-0.25, -0.2) is 22.2 Å². The van der Waals surface area contributed by atoms with Crippen LogP contribution in [0.2, 0.25) is 0 Å². The summed E-state index contributed by atoms with van der Waals surface area (Å²) in [5, 5.41) is 3.34. The highest BCUT2D eigenvalue weighted by Crippen LogP contribution is 2.38. The van der Waals surface area contributed by atoms with E-state index in [4.69, 9.17) is 0 Å².